The largest absolute Gasteiger partial charge is 0.350 e. The van der Waals surface area contributed by atoms with Crippen LogP contribution in [0.3, 0.4) is 0 Å². The number of amides is 3. The van der Waals surface area contributed by atoms with Gasteiger partial charge in [-0.05, 0) is 47.5 Å². The number of nitrogens with one attached hydrogen (secondary N) is 2. The number of para-hydroxylation sites is 1. The summed E-state index contributed by atoms with van der Waals surface area (Å²) < 4.78 is 0. The smallest absolute Gasteiger partial charge is 0.278 e. The molecule has 0 radical (unpaired) electrons. The van der Waals surface area contributed by atoms with Crippen molar-refractivity contribution in [3.8, 4) is 0 Å². The van der Waals surface area contributed by atoms with Gasteiger partial charge in [-0.1, -0.05) is 30.3 Å². The molecule has 1 aliphatic heterocycles. The maximum atomic E-state index is 13.3. The van der Waals surface area contributed by atoms with Crippen LogP contribution in [0, 0.1) is 0 Å². The number of imide groups is 1. The van der Waals surface area contributed by atoms with Gasteiger partial charge in [0.05, 0.1) is 12.1 Å². The summed E-state index contributed by atoms with van der Waals surface area (Å²) in [4.78, 5) is 43.0. The van der Waals surface area contributed by atoms with Gasteiger partial charge in [-0.3, -0.25) is 24.3 Å². The van der Waals surface area contributed by atoms with E-state index in [0.29, 0.717) is 16.9 Å². The van der Waals surface area contributed by atoms with Gasteiger partial charge >= 0.3 is 0 Å². The van der Waals surface area contributed by atoms with Crippen LogP contribution in [0.5, 0.6) is 0 Å². The molecule has 1 aromatic heterocycles. The number of aromatic nitrogens is 1. The third kappa shape index (κ3) is 4.35. The van der Waals surface area contributed by atoms with Gasteiger partial charge in [-0.15, -0.1) is 0 Å². The highest BCUT2D eigenvalue weighted by atomic mass is 16.2. The molecular weight excluding hydrogens is 392 g/mol. The van der Waals surface area contributed by atoms with Crippen LogP contribution in [0.25, 0.3) is 5.57 Å². The lowest BCUT2D eigenvalue weighted by atomic mass is 10.0. The Morgan fingerprint density at radius 1 is 0.871 bits per heavy atom. The molecule has 0 spiro atoms. The van der Waals surface area contributed by atoms with E-state index in [4.69, 9.17) is 0 Å². The lowest BCUT2D eigenvalue weighted by molar-refractivity contribution is -0.137. The first-order chi connectivity index (χ1) is 15.0. The first kappa shape index (κ1) is 20.0. The van der Waals surface area contributed by atoms with E-state index in [1.807, 2.05) is 30.3 Å². The summed E-state index contributed by atoms with van der Waals surface area (Å²) in [5, 5.41) is 5.81. The van der Waals surface area contributed by atoms with E-state index in [-0.39, 0.29) is 29.6 Å². The lowest BCUT2D eigenvalue weighted by Crippen LogP contribution is -2.32. The fraction of sp³-hybridized carbons (Fsp3) is 0.0833. The number of nitrogens with zero attached hydrogens (tertiary/aromatic N) is 2. The lowest BCUT2D eigenvalue weighted by Gasteiger charge is -2.15. The molecule has 4 rings (SSSR count). The Labute approximate surface area is 179 Å². The SMILES string of the molecule is CC(=O)Nc1ccc(C2=C(Nc3ccccc3)C(=O)N(Cc3ccncc3)C2=O)cc1. The number of hydrogen-bond donors (Lipinski definition) is 2. The Kier molecular flexibility index (Phi) is 5.57. The molecule has 0 bridgehead atoms. The quantitative estimate of drug-likeness (QED) is 0.606. The molecule has 0 fully saturated rings. The summed E-state index contributed by atoms with van der Waals surface area (Å²) in [7, 11) is 0. The molecule has 31 heavy (non-hydrogen) atoms. The third-order valence-corrected chi connectivity index (χ3v) is 4.80. The van der Waals surface area contributed by atoms with E-state index in [2.05, 4.69) is 15.6 Å². The zero-order valence-corrected chi connectivity index (χ0v) is 16.8. The molecule has 0 aliphatic carbocycles. The van der Waals surface area contributed by atoms with Crippen LogP contribution in [0.2, 0.25) is 0 Å². The molecule has 0 saturated heterocycles. The zero-order valence-electron chi connectivity index (χ0n) is 16.8. The fourth-order valence-corrected chi connectivity index (χ4v) is 3.36. The average molecular weight is 412 g/mol. The number of anilines is 2. The van der Waals surface area contributed by atoms with E-state index in [0.717, 1.165) is 5.56 Å². The van der Waals surface area contributed by atoms with Gasteiger partial charge in [0.1, 0.15) is 5.70 Å². The third-order valence-electron chi connectivity index (χ3n) is 4.80. The second-order valence-electron chi connectivity index (χ2n) is 7.05. The number of carbonyl (C=O) groups is 3. The molecule has 7 nitrogen and oxygen atoms in total. The summed E-state index contributed by atoms with van der Waals surface area (Å²) in [6.45, 7) is 1.57. The summed E-state index contributed by atoms with van der Waals surface area (Å²) in [5.41, 5.74) is 3.22. The van der Waals surface area contributed by atoms with Gasteiger partial charge in [0.2, 0.25) is 5.91 Å². The Balaban J connectivity index is 1.71. The second kappa shape index (κ2) is 8.62. The van der Waals surface area contributed by atoms with Crippen LogP contribution in [0.4, 0.5) is 11.4 Å². The van der Waals surface area contributed by atoms with E-state index in [9.17, 15) is 14.4 Å². The minimum absolute atomic E-state index is 0.146. The number of rotatable bonds is 6. The van der Waals surface area contributed by atoms with Crippen LogP contribution in [-0.2, 0) is 20.9 Å². The maximum absolute atomic E-state index is 13.3. The summed E-state index contributed by atoms with van der Waals surface area (Å²) >= 11 is 0. The van der Waals surface area contributed by atoms with Gasteiger partial charge in [0.25, 0.3) is 11.8 Å². The Morgan fingerprint density at radius 3 is 2.19 bits per heavy atom. The van der Waals surface area contributed by atoms with Crippen LogP contribution in [-0.4, -0.2) is 27.6 Å². The van der Waals surface area contributed by atoms with Crippen molar-refractivity contribution >= 4 is 34.7 Å². The van der Waals surface area contributed by atoms with E-state index in [1.165, 1.54) is 11.8 Å². The van der Waals surface area contributed by atoms with Crippen LogP contribution < -0.4 is 10.6 Å². The highest BCUT2D eigenvalue weighted by Crippen LogP contribution is 2.32. The molecule has 7 heteroatoms. The van der Waals surface area contributed by atoms with Gasteiger partial charge < -0.3 is 10.6 Å². The number of carbonyl (C=O) groups excluding carboxylic acids is 3. The molecule has 3 aromatic rings. The molecule has 154 valence electrons. The van der Waals surface area contributed by atoms with Crippen LogP contribution >= 0.6 is 0 Å². The molecule has 0 atom stereocenters. The summed E-state index contributed by atoms with van der Waals surface area (Å²) in [6, 6.07) is 19.6. The van der Waals surface area contributed by atoms with Crippen molar-refractivity contribution in [3.05, 3.63) is 95.9 Å². The highest BCUT2D eigenvalue weighted by molar-refractivity contribution is 6.36. The molecule has 2 aromatic carbocycles. The molecular formula is C24H20N4O3. The summed E-state index contributed by atoms with van der Waals surface area (Å²) in [5.74, 6) is -0.965. The van der Waals surface area contributed by atoms with Crippen molar-refractivity contribution in [3.63, 3.8) is 0 Å². The van der Waals surface area contributed by atoms with Gasteiger partial charge in [-0.25, -0.2) is 0 Å². The average Bonchev–Trinajstić information content (AvgIpc) is 3.00. The maximum Gasteiger partial charge on any atom is 0.278 e. The standard InChI is InChI=1S/C24H20N4O3/c1-16(29)26-20-9-7-18(8-10-20)21-22(27-19-5-3-2-4-6-19)24(31)28(23(21)30)15-17-11-13-25-14-12-17/h2-14,27H,15H2,1H3,(H,26,29). The Morgan fingerprint density at radius 2 is 1.55 bits per heavy atom. The van der Waals surface area contributed by atoms with E-state index in [1.54, 1.807) is 48.8 Å². The van der Waals surface area contributed by atoms with Gasteiger partial charge in [0.15, 0.2) is 0 Å². The normalized spacial score (nSPS) is 13.5. The molecule has 0 unspecified atom stereocenters. The topological polar surface area (TPSA) is 91.4 Å². The highest BCUT2D eigenvalue weighted by Gasteiger charge is 2.39. The zero-order chi connectivity index (χ0) is 21.8. The van der Waals surface area contributed by atoms with Crippen LogP contribution in [0.1, 0.15) is 18.1 Å². The van der Waals surface area contributed by atoms with Crippen molar-refractivity contribution in [2.45, 2.75) is 13.5 Å². The Hall–Kier alpha value is -4.26. The minimum atomic E-state index is -0.397. The van der Waals surface area contributed by atoms with Gasteiger partial charge in [-0.2, -0.15) is 0 Å². The fourth-order valence-electron chi connectivity index (χ4n) is 3.36. The minimum Gasteiger partial charge on any atom is -0.350 e. The van der Waals surface area contributed by atoms with Gasteiger partial charge in [0, 0.05) is 30.7 Å². The molecule has 0 saturated carbocycles. The predicted molar refractivity (Wildman–Crippen MR) is 118 cm³/mol. The van der Waals surface area contributed by atoms with Crippen molar-refractivity contribution in [2.24, 2.45) is 0 Å². The van der Waals surface area contributed by atoms with Crippen molar-refractivity contribution in [1.29, 1.82) is 0 Å². The second-order valence-corrected chi connectivity index (χ2v) is 7.05. The van der Waals surface area contributed by atoms with E-state index >= 15 is 0 Å². The molecule has 3 amide bonds. The monoisotopic (exact) mass is 412 g/mol. The van der Waals surface area contributed by atoms with Crippen molar-refractivity contribution in [2.75, 3.05) is 10.6 Å². The summed E-state index contributed by atoms with van der Waals surface area (Å²) in [6.07, 6.45) is 3.25. The number of hydrogen-bond acceptors (Lipinski definition) is 5. The number of pyridine rings is 1. The van der Waals surface area contributed by atoms with E-state index < -0.39 is 5.91 Å². The molecule has 2 heterocycles. The van der Waals surface area contributed by atoms with Crippen molar-refractivity contribution < 1.29 is 14.4 Å². The Bertz CT molecular complexity index is 1160. The van der Waals surface area contributed by atoms with Crippen LogP contribution in [0.15, 0.2) is 84.8 Å². The number of benzene rings is 2. The van der Waals surface area contributed by atoms with Crippen molar-refractivity contribution in [1.82, 2.24) is 9.88 Å². The molecule has 2 N–H and O–H groups in total. The predicted octanol–water partition coefficient (Wildman–Crippen LogP) is 3.43. The first-order valence-corrected chi connectivity index (χ1v) is 9.72. The first-order valence-electron chi connectivity index (χ1n) is 9.72. The molecule has 1 aliphatic rings.